The first kappa shape index (κ1) is 15.0. The molecule has 1 saturated heterocycles. The second-order valence-corrected chi connectivity index (χ2v) is 5.66. The van der Waals surface area contributed by atoms with Gasteiger partial charge in [-0.25, -0.2) is 0 Å². The Morgan fingerprint density at radius 2 is 1.95 bits per heavy atom. The van der Waals surface area contributed by atoms with Gasteiger partial charge in [-0.3, -0.25) is 9.69 Å². The maximum Gasteiger partial charge on any atom is 0.234 e. The van der Waals surface area contributed by atoms with Crippen molar-refractivity contribution in [1.82, 2.24) is 15.5 Å². The standard InChI is InChI=1S/C16H25N3O/c1-13-3-5-14(6-4-13)11-18-16(20)12-19(2)15-7-9-17-10-8-15/h3-6,15,17H,7-12H2,1-2H3,(H,18,20). The number of amides is 1. The van der Waals surface area contributed by atoms with Crippen LogP contribution in [0.4, 0.5) is 0 Å². The molecule has 4 nitrogen and oxygen atoms in total. The van der Waals surface area contributed by atoms with Gasteiger partial charge < -0.3 is 10.6 Å². The summed E-state index contributed by atoms with van der Waals surface area (Å²) in [4.78, 5) is 14.1. The van der Waals surface area contributed by atoms with E-state index in [1.807, 2.05) is 7.05 Å². The number of rotatable bonds is 5. The molecule has 0 unspecified atom stereocenters. The van der Waals surface area contributed by atoms with Gasteiger partial charge >= 0.3 is 0 Å². The van der Waals surface area contributed by atoms with Gasteiger partial charge in [-0.1, -0.05) is 29.8 Å². The molecule has 0 bridgehead atoms. The zero-order chi connectivity index (χ0) is 14.4. The minimum Gasteiger partial charge on any atom is -0.351 e. The van der Waals surface area contributed by atoms with Crippen molar-refractivity contribution >= 4 is 5.91 Å². The van der Waals surface area contributed by atoms with Crippen molar-refractivity contribution < 1.29 is 4.79 Å². The fourth-order valence-corrected chi connectivity index (χ4v) is 2.57. The zero-order valence-electron chi connectivity index (χ0n) is 12.5. The first-order chi connectivity index (χ1) is 9.65. The summed E-state index contributed by atoms with van der Waals surface area (Å²) in [6.45, 7) is 5.27. The van der Waals surface area contributed by atoms with E-state index in [4.69, 9.17) is 0 Å². The highest BCUT2D eigenvalue weighted by molar-refractivity contribution is 5.78. The number of hydrogen-bond donors (Lipinski definition) is 2. The van der Waals surface area contributed by atoms with Crippen LogP contribution in [0.5, 0.6) is 0 Å². The van der Waals surface area contributed by atoms with Crippen molar-refractivity contribution in [1.29, 1.82) is 0 Å². The van der Waals surface area contributed by atoms with Crippen LogP contribution < -0.4 is 10.6 Å². The van der Waals surface area contributed by atoms with Gasteiger partial charge in [0, 0.05) is 12.6 Å². The van der Waals surface area contributed by atoms with E-state index in [-0.39, 0.29) is 5.91 Å². The summed E-state index contributed by atoms with van der Waals surface area (Å²) in [5, 5.41) is 6.34. The highest BCUT2D eigenvalue weighted by Crippen LogP contribution is 2.09. The smallest absolute Gasteiger partial charge is 0.234 e. The van der Waals surface area contributed by atoms with E-state index < -0.39 is 0 Å². The van der Waals surface area contributed by atoms with Gasteiger partial charge in [0.25, 0.3) is 0 Å². The molecule has 1 aliphatic rings. The van der Waals surface area contributed by atoms with E-state index in [2.05, 4.69) is 46.7 Å². The van der Waals surface area contributed by atoms with Crippen LogP contribution in [0.1, 0.15) is 24.0 Å². The molecule has 1 aliphatic heterocycles. The summed E-state index contributed by atoms with van der Waals surface area (Å²) in [6.07, 6.45) is 2.25. The van der Waals surface area contributed by atoms with Crippen molar-refractivity contribution in [2.75, 3.05) is 26.7 Å². The van der Waals surface area contributed by atoms with Crippen molar-refractivity contribution in [3.05, 3.63) is 35.4 Å². The predicted octanol–water partition coefficient (Wildman–Crippen LogP) is 1.30. The van der Waals surface area contributed by atoms with Gasteiger partial charge in [0.1, 0.15) is 0 Å². The molecule has 0 saturated carbocycles. The molecule has 2 rings (SSSR count). The van der Waals surface area contributed by atoms with Gasteiger partial charge in [-0.05, 0) is 45.5 Å². The molecule has 20 heavy (non-hydrogen) atoms. The molecule has 0 aliphatic carbocycles. The lowest BCUT2D eigenvalue weighted by Crippen LogP contribution is -2.45. The van der Waals surface area contributed by atoms with Crippen LogP contribution in [0.3, 0.4) is 0 Å². The second kappa shape index (κ2) is 7.41. The minimum absolute atomic E-state index is 0.103. The van der Waals surface area contributed by atoms with E-state index in [0.717, 1.165) is 31.5 Å². The van der Waals surface area contributed by atoms with E-state index in [1.165, 1.54) is 5.56 Å². The second-order valence-electron chi connectivity index (χ2n) is 5.66. The Bertz CT molecular complexity index is 424. The monoisotopic (exact) mass is 275 g/mol. The van der Waals surface area contributed by atoms with E-state index in [1.54, 1.807) is 0 Å². The van der Waals surface area contributed by atoms with E-state index in [0.29, 0.717) is 19.1 Å². The number of likely N-dealkylation sites (N-methyl/N-ethyl adjacent to an activating group) is 1. The summed E-state index contributed by atoms with van der Waals surface area (Å²) in [5.41, 5.74) is 2.39. The molecule has 110 valence electrons. The molecule has 1 amide bonds. The molecule has 0 spiro atoms. The van der Waals surface area contributed by atoms with Crippen LogP contribution in [0.2, 0.25) is 0 Å². The van der Waals surface area contributed by atoms with Crippen LogP contribution in [0, 0.1) is 6.92 Å². The zero-order valence-corrected chi connectivity index (χ0v) is 12.5. The third-order valence-corrected chi connectivity index (χ3v) is 3.94. The Morgan fingerprint density at radius 3 is 2.60 bits per heavy atom. The molecule has 1 heterocycles. The van der Waals surface area contributed by atoms with E-state index in [9.17, 15) is 4.79 Å². The lowest BCUT2D eigenvalue weighted by atomic mass is 10.1. The third kappa shape index (κ3) is 4.62. The summed E-state index contributed by atoms with van der Waals surface area (Å²) < 4.78 is 0. The highest BCUT2D eigenvalue weighted by Gasteiger charge is 2.19. The molecule has 0 radical (unpaired) electrons. The Kier molecular flexibility index (Phi) is 5.56. The van der Waals surface area contributed by atoms with Gasteiger partial charge in [-0.2, -0.15) is 0 Å². The summed E-state index contributed by atoms with van der Waals surface area (Å²) in [6, 6.07) is 8.80. The van der Waals surface area contributed by atoms with Crippen LogP contribution in [-0.4, -0.2) is 43.5 Å². The Morgan fingerprint density at radius 1 is 1.30 bits per heavy atom. The summed E-state index contributed by atoms with van der Waals surface area (Å²) >= 11 is 0. The molecular formula is C16H25N3O. The van der Waals surface area contributed by atoms with E-state index >= 15 is 0 Å². The quantitative estimate of drug-likeness (QED) is 0.851. The molecule has 4 heteroatoms. The molecule has 0 atom stereocenters. The molecular weight excluding hydrogens is 250 g/mol. The topological polar surface area (TPSA) is 44.4 Å². The summed E-state index contributed by atoms with van der Waals surface area (Å²) in [7, 11) is 2.04. The first-order valence-electron chi connectivity index (χ1n) is 7.38. The summed E-state index contributed by atoms with van der Waals surface area (Å²) in [5.74, 6) is 0.103. The number of carbonyl (C=O) groups is 1. The van der Waals surface area contributed by atoms with Crippen LogP contribution in [0.15, 0.2) is 24.3 Å². The average Bonchev–Trinajstić information content (AvgIpc) is 2.47. The van der Waals surface area contributed by atoms with Crippen molar-refractivity contribution in [3.63, 3.8) is 0 Å². The maximum atomic E-state index is 12.0. The fourth-order valence-electron chi connectivity index (χ4n) is 2.57. The number of aryl methyl sites for hydroxylation is 1. The SMILES string of the molecule is Cc1ccc(CNC(=O)CN(C)C2CCNCC2)cc1. The highest BCUT2D eigenvalue weighted by atomic mass is 16.2. The average molecular weight is 275 g/mol. The van der Waals surface area contributed by atoms with Gasteiger partial charge in [0.15, 0.2) is 0 Å². The molecule has 1 aromatic carbocycles. The van der Waals surface area contributed by atoms with Gasteiger partial charge in [0.2, 0.25) is 5.91 Å². The van der Waals surface area contributed by atoms with Crippen molar-refractivity contribution in [2.45, 2.75) is 32.4 Å². The Labute approximate surface area is 121 Å². The number of nitrogens with one attached hydrogen (secondary N) is 2. The minimum atomic E-state index is 0.103. The Balaban J connectivity index is 1.73. The molecule has 1 aromatic rings. The van der Waals surface area contributed by atoms with Crippen LogP contribution in [-0.2, 0) is 11.3 Å². The molecule has 2 N–H and O–H groups in total. The van der Waals surface area contributed by atoms with Crippen molar-refractivity contribution in [3.8, 4) is 0 Å². The number of carbonyl (C=O) groups excluding carboxylic acids is 1. The molecule has 1 fully saturated rings. The number of nitrogens with zero attached hydrogens (tertiary/aromatic N) is 1. The van der Waals surface area contributed by atoms with Crippen LogP contribution >= 0.6 is 0 Å². The molecule has 0 aromatic heterocycles. The van der Waals surface area contributed by atoms with Gasteiger partial charge in [0.05, 0.1) is 6.54 Å². The number of hydrogen-bond acceptors (Lipinski definition) is 3. The maximum absolute atomic E-state index is 12.0. The lowest BCUT2D eigenvalue weighted by Gasteiger charge is -2.31. The fraction of sp³-hybridized carbons (Fsp3) is 0.562. The number of piperidine rings is 1. The number of benzene rings is 1. The van der Waals surface area contributed by atoms with Crippen LogP contribution in [0.25, 0.3) is 0 Å². The predicted molar refractivity (Wildman–Crippen MR) is 81.5 cm³/mol. The normalized spacial score (nSPS) is 16.4. The third-order valence-electron chi connectivity index (χ3n) is 3.94. The largest absolute Gasteiger partial charge is 0.351 e. The van der Waals surface area contributed by atoms with Crippen molar-refractivity contribution in [2.24, 2.45) is 0 Å². The Hall–Kier alpha value is -1.39. The first-order valence-corrected chi connectivity index (χ1v) is 7.38. The lowest BCUT2D eigenvalue weighted by molar-refractivity contribution is -0.122. The van der Waals surface area contributed by atoms with Gasteiger partial charge in [-0.15, -0.1) is 0 Å².